The van der Waals surface area contributed by atoms with Crippen LogP contribution in [-0.2, 0) is 14.3 Å². The van der Waals surface area contributed by atoms with E-state index in [4.69, 9.17) is 9.47 Å². The molecule has 1 amide bonds. The maximum Gasteiger partial charge on any atom is 0.220 e. The summed E-state index contributed by atoms with van der Waals surface area (Å²) in [4.78, 5) is 13.2. The van der Waals surface area contributed by atoms with Crippen LogP contribution < -0.4 is 5.32 Å². The largest absolute Gasteiger partial charge is 0.394 e. The highest BCUT2D eigenvalue weighted by molar-refractivity contribution is 5.76. The zero-order chi connectivity index (χ0) is 61.4. The van der Waals surface area contributed by atoms with Crippen molar-refractivity contribution in [3.63, 3.8) is 0 Å². The molecule has 1 aliphatic rings. The number of ether oxygens (including phenoxy) is 2. The van der Waals surface area contributed by atoms with Gasteiger partial charge in [0, 0.05) is 6.42 Å². The Morgan fingerprint density at radius 3 is 1.08 bits per heavy atom. The van der Waals surface area contributed by atoms with Gasteiger partial charge in [0.1, 0.15) is 24.4 Å². The van der Waals surface area contributed by atoms with Gasteiger partial charge < -0.3 is 40.3 Å². The molecule has 85 heavy (non-hydrogen) atoms. The molecular weight excluding hydrogens is 1050 g/mol. The summed E-state index contributed by atoms with van der Waals surface area (Å²) in [7, 11) is 0. The zero-order valence-corrected chi connectivity index (χ0v) is 54.8. The molecule has 0 aromatic heterocycles. The van der Waals surface area contributed by atoms with Crippen LogP contribution in [0.2, 0.25) is 0 Å². The quantitative estimate of drug-likeness (QED) is 0.0261. The van der Waals surface area contributed by atoms with Crippen LogP contribution in [-0.4, -0.2) is 87.5 Å². The van der Waals surface area contributed by atoms with Crippen molar-refractivity contribution in [3.05, 3.63) is 109 Å². The summed E-state index contributed by atoms with van der Waals surface area (Å²) >= 11 is 0. The summed E-state index contributed by atoms with van der Waals surface area (Å²) in [6, 6.07) is -0.740. The van der Waals surface area contributed by atoms with E-state index < -0.39 is 49.5 Å². The Labute approximate surface area is 523 Å². The maximum atomic E-state index is 13.2. The van der Waals surface area contributed by atoms with E-state index in [1.54, 1.807) is 0 Å². The third-order valence-corrected chi connectivity index (χ3v) is 16.4. The number of aliphatic hydroxyl groups excluding tert-OH is 5. The Kier molecular flexibility index (Phi) is 60.0. The predicted octanol–water partition coefficient (Wildman–Crippen LogP) is 19.6. The van der Waals surface area contributed by atoms with Crippen molar-refractivity contribution < 1.29 is 39.8 Å². The smallest absolute Gasteiger partial charge is 0.220 e. The number of carbonyl (C=O) groups is 1. The summed E-state index contributed by atoms with van der Waals surface area (Å²) < 4.78 is 11.4. The number of hydrogen-bond donors (Lipinski definition) is 6. The van der Waals surface area contributed by atoms with Crippen LogP contribution in [0.3, 0.4) is 0 Å². The molecule has 7 unspecified atom stereocenters. The molecule has 1 aliphatic heterocycles. The van der Waals surface area contributed by atoms with E-state index in [0.717, 1.165) is 116 Å². The molecular formula is C76H133NO8. The molecule has 0 aromatic rings. The lowest BCUT2D eigenvalue weighted by molar-refractivity contribution is -0.302. The fourth-order valence-corrected chi connectivity index (χ4v) is 10.9. The van der Waals surface area contributed by atoms with Gasteiger partial charge in [-0.1, -0.05) is 329 Å². The van der Waals surface area contributed by atoms with Crippen molar-refractivity contribution in [2.75, 3.05) is 13.2 Å². The van der Waals surface area contributed by atoms with Crippen molar-refractivity contribution in [2.24, 2.45) is 0 Å². The minimum absolute atomic E-state index is 0.152. The average Bonchev–Trinajstić information content (AvgIpc) is 3.68. The number of unbranched alkanes of at least 4 members (excludes halogenated alkanes) is 33. The predicted molar refractivity (Wildman–Crippen MR) is 364 cm³/mol. The molecule has 0 saturated carbocycles. The molecule has 1 fully saturated rings. The molecule has 0 radical (unpaired) electrons. The van der Waals surface area contributed by atoms with Crippen LogP contribution in [0.25, 0.3) is 0 Å². The number of carbonyl (C=O) groups excluding carboxylic acids is 1. The standard InChI is InChI=1S/C76H133NO8/c1-3-5-7-9-11-13-15-17-19-21-23-25-27-29-31-33-34-35-36-38-40-42-44-46-48-50-52-54-56-58-60-62-64-66-72(80)77-69(68-84-76-75(83)74(82)73(81)71(67-78)85-76)70(79)65-63-61-59-57-55-53-51-49-47-45-43-41-39-37-32-30-28-26-24-22-20-18-16-14-12-10-8-6-4-2/h5,7,11,13,17,19,23,25,29,31,34-35,38,40,44,46,50,52,69-71,73-76,78-79,81-83H,3-4,6,8-10,12,14-16,18,20-22,24,26-28,30,32-33,36-37,39,41-43,45,47-49,51,53-68H2,1-2H3,(H,77,80)/b7-5-,13-11-,19-17-,25-23-,31-29-,35-34-,40-38-,46-44-,52-50-. The fraction of sp³-hybridized carbons (Fsp3) is 0.750. The molecule has 1 saturated heterocycles. The third-order valence-electron chi connectivity index (χ3n) is 16.4. The molecule has 9 nitrogen and oxygen atoms in total. The van der Waals surface area contributed by atoms with Gasteiger partial charge in [-0.3, -0.25) is 4.79 Å². The van der Waals surface area contributed by atoms with E-state index in [1.165, 1.54) is 167 Å². The SMILES string of the molecule is CC/C=C\C/C=C\C/C=C\C/C=C\C/C=C\C/C=C\C/C=C\C/C=C\C/C=C\CCCCCCCC(=O)NC(COC1OC(CO)C(O)C(O)C1O)C(O)CCCCCCCCCCCCCCCCCCCCCCCCCCCCCCC. The highest BCUT2D eigenvalue weighted by Gasteiger charge is 2.44. The Hall–Kier alpha value is -3.15. The highest BCUT2D eigenvalue weighted by atomic mass is 16.7. The number of amides is 1. The van der Waals surface area contributed by atoms with E-state index in [9.17, 15) is 30.3 Å². The second kappa shape index (κ2) is 63.9. The highest BCUT2D eigenvalue weighted by Crippen LogP contribution is 2.24. The topological polar surface area (TPSA) is 149 Å². The Morgan fingerprint density at radius 1 is 0.412 bits per heavy atom. The Bertz CT molecular complexity index is 1710. The number of rotatable bonds is 61. The van der Waals surface area contributed by atoms with Crippen molar-refractivity contribution in [1.29, 1.82) is 0 Å². The van der Waals surface area contributed by atoms with Gasteiger partial charge in [0.25, 0.3) is 0 Å². The van der Waals surface area contributed by atoms with Crippen LogP contribution in [0.15, 0.2) is 109 Å². The fourth-order valence-electron chi connectivity index (χ4n) is 10.9. The number of allylic oxidation sites excluding steroid dienone is 18. The Balaban J connectivity index is 2.16. The third kappa shape index (κ3) is 52.5. The molecule has 6 N–H and O–H groups in total. The molecule has 490 valence electrons. The van der Waals surface area contributed by atoms with Crippen LogP contribution >= 0.6 is 0 Å². The summed E-state index contributed by atoms with van der Waals surface area (Å²) in [5, 5.41) is 55.0. The molecule has 0 aliphatic carbocycles. The lowest BCUT2D eigenvalue weighted by Crippen LogP contribution is -2.60. The first-order valence-electron chi connectivity index (χ1n) is 35.6. The van der Waals surface area contributed by atoms with E-state index >= 15 is 0 Å². The lowest BCUT2D eigenvalue weighted by atomic mass is 9.99. The normalized spacial score (nSPS) is 18.8. The van der Waals surface area contributed by atoms with Crippen molar-refractivity contribution >= 4 is 5.91 Å². The van der Waals surface area contributed by atoms with Crippen LogP contribution in [0, 0.1) is 0 Å². The van der Waals surface area contributed by atoms with Crippen LogP contribution in [0.1, 0.15) is 309 Å². The summed E-state index contributed by atoms with van der Waals surface area (Å²) in [6.07, 6.45) is 87.2. The molecule has 7 atom stereocenters. The molecule has 1 rings (SSSR count). The molecule has 9 heteroatoms. The zero-order valence-electron chi connectivity index (χ0n) is 54.8. The first-order chi connectivity index (χ1) is 41.8. The van der Waals surface area contributed by atoms with Crippen LogP contribution in [0.4, 0.5) is 0 Å². The minimum Gasteiger partial charge on any atom is -0.394 e. The van der Waals surface area contributed by atoms with Gasteiger partial charge in [-0.2, -0.15) is 0 Å². The first-order valence-corrected chi connectivity index (χ1v) is 35.6. The van der Waals surface area contributed by atoms with Gasteiger partial charge in [0.15, 0.2) is 6.29 Å². The maximum absolute atomic E-state index is 13.2. The minimum atomic E-state index is -1.57. The van der Waals surface area contributed by atoms with Gasteiger partial charge in [-0.25, -0.2) is 0 Å². The van der Waals surface area contributed by atoms with E-state index in [2.05, 4.69) is 129 Å². The van der Waals surface area contributed by atoms with E-state index in [-0.39, 0.29) is 12.5 Å². The molecule has 1 heterocycles. The van der Waals surface area contributed by atoms with Gasteiger partial charge in [0.2, 0.25) is 5.91 Å². The summed E-state index contributed by atoms with van der Waals surface area (Å²) in [5.74, 6) is -0.164. The van der Waals surface area contributed by atoms with Crippen molar-refractivity contribution in [1.82, 2.24) is 5.32 Å². The average molecular weight is 1190 g/mol. The first kappa shape index (κ1) is 79.9. The molecule has 0 bridgehead atoms. The number of nitrogens with one attached hydrogen (secondary N) is 1. The van der Waals surface area contributed by atoms with Gasteiger partial charge in [0.05, 0.1) is 25.4 Å². The second-order valence-corrected chi connectivity index (χ2v) is 24.3. The van der Waals surface area contributed by atoms with Gasteiger partial charge in [-0.15, -0.1) is 0 Å². The monoisotopic (exact) mass is 1190 g/mol. The van der Waals surface area contributed by atoms with Crippen LogP contribution in [0.5, 0.6) is 0 Å². The molecule has 0 aromatic carbocycles. The van der Waals surface area contributed by atoms with Crippen molar-refractivity contribution in [3.8, 4) is 0 Å². The summed E-state index contributed by atoms with van der Waals surface area (Å²) in [5.41, 5.74) is 0. The second-order valence-electron chi connectivity index (χ2n) is 24.3. The van der Waals surface area contributed by atoms with E-state index in [0.29, 0.717) is 12.8 Å². The molecule has 0 spiro atoms. The summed E-state index contributed by atoms with van der Waals surface area (Å²) in [6.45, 7) is 3.74. The lowest BCUT2D eigenvalue weighted by Gasteiger charge is -2.40. The van der Waals surface area contributed by atoms with E-state index in [1.807, 2.05) is 0 Å². The van der Waals surface area contributed by atoms with Gasteiger partial charge in [-0.05, 0) is 83.5 Å². The number of hydrogen-bond acceptors (Lipinski definition) is 8. The number of aliphatic hydroxyl groups is 5. The van der Waals surface area contributed by atoms with Gasteiger partial charge >= 0.3 is 0 Å². The Morgan fingerprint density at radius 2 is 0.729 bits per heavy atom. The van der Waals surface area contributed by atoms with Crippen molar-refractivity contribution in [2.45, 2.75) is 352 Å².